The van der Waals surface area contributed by atoms with Crippen molar-refractivity contribution in [2.45, 2.75) is 13.0 Å². The summed E-state index contributed by atoms with van der Waals surface area (Å²) in [6, 6.07) is 8.61. The number of benzene rings is 1. The summed E-state index contributed by atoms with van der Waals surface area (Å²) in [4.78, 5) is 4.92. The first-order valence-corrected chi connectivity index (χ1v) is 7.82. The highest BCUT2D eigenvalue weighted by atomic mass is 79.9. The van der Waals surface area contributed by atoms with Gasteiger partial charge in [-0.15, -0.1) is 0 Å². The molecule has 2 saturated heterocycles. The topological polar surface area (TPSA) is 26.7 Å². The minimum atomic E-state index is -0.207. The van der Waals surface area contributed by atoms with Crippen molar-refractivity contribution in [3.63, 3.8) is 0 Å². The number of aliphatic hydroxyl groups is 1. The molecule has 0 amide bonds. The zero-order chi connectivity index (χ0) is 13.4. The largest absolute Gasteiger partial charge is 0.392 e. The van der Waals surface area contributed by atoms with Crippen LogP contribution in [-0.4, -0.2) is 48.8 Å². The molecule has 0 aliphatic carbocycles. The summed E-state index contributed by atoms with van der Waals surface area (Å²) < 4.78 is 1.14. The highest BCUT2D eigenvalue weighted by molar-refractivity contribution is 9.10. The second-order valence-corrected chi connectivity index (χ2v) is 6.88. The van der Waals surface area contributed by atoms with Gasteiger partial charge in [-0.3, -0.25) is 0 Å². The van der Waals surface area contributed by atoms with Crippen molar-refractivity contribution in [3.8, 4) is 0 Å². The van der Waals surface area contributed by atoms with Crippen molar-refractivity contribution < 1.29 is 5.11 Å². The molecule has 0 aromatic heterocycles. The highest BCUT2D eigenvalue weighted by Gasteiger charge is 2.39. The normalized spacial score (nSPS) is 28.7. The molecule has 1 N–H and O–H groups in total. The van der Waals surface area contributed by atoms with E-state index in [9.17, 15) is 5.11 Å². The van der Waals surface area contributed by atoms with Gasteiger partial charge in [0.2, 0.25) is 0 Å². The number of nitrogens with zero attached hydrogens (tertiary/aromatic N) is 2. The molecule has 1 unspecified atom stereocenters. The van der Waals surface area contributed by atoms with Crippen LogP contribution in [0.15, 0.2) is 28.7 Å². The van der Waals surface area contributed by atoms with Crippen LogP contribution in [0.2, 0.25) is 0 Å². The summed E-state index contributed by atoms with van der Waals surface area (Å²) in [6.07, 6.45) is -0.207. The third-order valence-electron chi connectivity index (χ3n) is 4.28. The minimum Gasteiger partial charge on any atom is -0.392 e. The van der Waals surface area contributed by atoms with E-state index in [1.807, 2.05) is 6.92 Å². The molecule has 104 valence electrons. The lowest BCUT2D eigenvalue weighted by Gasteiger charge is -2.23. The highest BCUT2D eigenvalue weighted by Crippen LogP contribution is 2.34. The van der Waals surface area contributed by atoms with Crippen LogP contribution >= 0.6 is 15.9 Å². The van der Waals surface area contributed by atoms with Gasteiger partial charge in [-0.05, 0) is 43.0 Å². The number of fused-ring (bicyclic) bond motifs is 1. The number of likely N-dealkylation sites (tertiary alicyclic amines) is 1. The van der Waals surface area contributed by atoms with E-state index in [1.54, 1.807) is 0 Å². The van der Waals surface area contributed by atoms with Gasteiger partial charge in [0, 0.05) is 42.9 Å². The Bertz CT molecular complexity index is 420. The fraction of sp³-hybridized carbons (Fsp3) is 0.600. The van der Waals surface area contributed by atoms with E-state index in [0.29, 0.717) is 0 Å². The first-order chi connectivity index (χ1) is 9.11. The van der Waals surface area contributed by atoms with Crippen LogP contribution in [-0.2, 0) is 0 Å². The third-order valence-corrected chi connectivity index (χ3v) is 4.80. The second kappa shape index (κ2) is 5.43. The van der Waals surface area contributed by atoms with Crippen LogP contribution in [0.1, 0.15) is 6.92 Å². The Morgan fingerprint density at radius 2 is 1.74 bits per heavy atom. The number of aliphatic hydroxyl groups excluding tert-OH is 1. The molecule has 2 heterocycles. The second-order valence-electron chi connectivity index (χ2n) is 5.97. The van der Waals surface area contributed by atoms with E-state index in [1.165, 1.54) is 5.69 Å². The summed E-state index contributed by atoms with van der Waals surface area (Å²) in [6.45, 7) is 7.30. The van der Waals surface area contributed by atoms with Crippen LogP contribution in [0.5, 0.6) is 0 Å². The molecule has 2 fully saturated rings. The van der Waals surface area contributed by atoms with Crippen LogP contribution < -0.4 is 4.90 Å². The molecule has 2 aliphatic heterocycles. The standard InChI is InChI=1S/C15H21BrN2O/c1-11(19)6-17-7-12-9-18(10-13(12)8-17)15-4-2-14(16)3-5-15/h2-5,11-13,19H,6-10H2,1H3/t11?,12-,13+. The van der Waals surface area contributed by atoms with Crippen molar-refractivity contribution in [1.82, 2.24) is 4.90 Å². The predicted octanol–water partition coefficient (Wildman–Crippen LogP) is 2.20. The fourth-order valence-corrected chi connectivity index (χ4v) is 3.74. The zero-order valence-corrected chi connectivity index (χ0v) is 12.9. The van der Waals surface area contributed by atoms with E-state index < -0.39 is 0 Å². The third kappa shape index (κ3) is 2.96. The van der Waals surface area contributed by atoms with Gasteiger partial charge in [0.05, 0.1) is 6.10 Å². The van der Waals surface area contributed by atoms with Gasteiger partial charge in [0.15, 0.2) is 0 Å². The van der Waals surface area contributed by atoms with E-state index in [-0.39, 0.29) is 6.10 Å². The molecule has 3 rings (SSSR count). The molecule has 0 saturated carbocycles. The first-order valence-electron chi connectivity index (χ1n) is 7.03. The molecule has 19 heavy (non-hydrogen) atoms. The van der Waals surface area contributed by atoms with Gasteiger partial charge in [-0.1, -0.05) is 15.9 Å². The lowest BCUT2D eigenvalue weighted by atomic mass is 10.0. The van der Waals surface area contributed by atoms with Crippen molar-refractivity contribution in [3.05, 3.63) is 28.7 Å². The zero-order valence-electron chi connectivity index (χ0n) is 11.3. The molecular formula is C15H21BrN2O. The van der Waals surface area contributed by atoms with Gasteiger partial charge in [-0.2, -0.15) is 0 Å². The lowest BCUT2D eigenvalue weighted by molar-refractivity contribution is 0.137. The quantitative estimate of drug-likeness (QED) is 0.923. The molecule has 1 aromatic rings. The number of β-amino-alcohol motifs (C(OH)–C–C–N with tert-alkyl or cyclic N) is 1. The Balaban J connectivity index is 1.60. The summed E-state index contributed by atoms with van der Waals surface area (Å²) >= 11 is 3.48. The van der Waals surface area contributed by atoms with Crippen molar-refractivity contribution >= 4 is 21.6 Å². The van der Waals surface area contributed by atoms with Crippen LogP contribution in [0.4, 0.5) is 5.69 Å². The number of anilines is 1. The number of rotatable bonds is 3. The Labute approximate surface area is 123 Å². The average Bonchev–Trinajstić information content (AvgIpc) is 2.86. The molecular weight excluding hydrogens is 304 g/mol. The maximum Gasteiger partial charge on any atom is 0.0639 e. The SMILES string of the molecule is CC(O)CN1C[C@@H]2CN(c3ccc(Br)cc3)C[C@@H]2C1. The van der Waals surface area contributed by atoms with Crippen molar-refractivity contribution in [2.24, 2.45) is 11.8 Å². The van der Waals surface area contributed by atoms with Gasteiger partial charge in [-0.25, -0.2) is 0 Å². The van der Waals surface area contributed by atoms with Crippen LogP contribution in [0.25, 0.3) is 0 Å². The molecule has 0 spiro atoms. The molecule has 1 aromatic carbocycles. The van der Waals surface area contributed by atoms with Gasteiger partial charge in [0.1, 0.15) is 0 Å². The van der Waals surface area contributed by atoms with E-state index in [0.717, 1.165) is 49.0 Å². The molecule has 2 aliphatic rings. The van der Waals surface area contributed by atoms with E-state index in [2.05, 4.69) is 50.0 Å². The summed E-state index contributed by atoms with van der Waals surface area (Å²) in [5.41, 5.74) is 1.33. The monoisotopic (exact) mass is 324 g/mol. The van der Waals surface area contributed by atoms with Gasteiger partial charge >= 0.3 is 0 Å². The van der Waals surface area contributed by atoms with Crippen molar-refractivity contribution in [2.75, 3.05) is 37.6 Å². The maximum atomic E-state index is 9.48. The van der Waals surface area contributed by atoms with Crippen molar-refractivity contribution in [1.29, 1.82) is 0 Å². The fourth-order valence-electron chi connectivity index (χ4n) is 3.48. The lowest BCUT2D eigenvalue weighted by Crippen LogP contribution is -2.33. The average molecular weight is 325 g/mol. The Hall–Kier alpha value is -0.580. The Kier molecular flexibility index (Phi) is 3.83. The van der Waals surface area contributed by atoms with Crippen LogP contribution in [0.3, 0.4) is 0 Å². The molecule has 4 heteroatoms. The number of hydrogen-bond donors (Lipinski definition) is 1. The van der Waals surface area contributed by atoms with E-state index in [4.69, 9.17) is 0 Å². The maximum absolute atomic E-state index is 9.48. The van der Waals surface area contributed by atoms with E-state index >= 15 is 0 Å². The summed E-state index contributed by atoms with van der Waals surface area (Å²) in [5.74, 6) is 1.53. The minimum absolute atomic E-state index is 0.207. The first kappa shape index (κ1) is 13.4. The number of hydrogen-bond acceptors (Lipinski definition) is 3. The Morgan fingerprint density at radius 3 is 2.26 bits per heavy atom. The molecule has 0 bridgehead atoms. The predicted molar refractivity (Wildman–Crippen MR) is 81.5 cm³/mol. The molecule has 3 atom stereocenters. The number of halogens is 1. The molecule has 0 radical (unpaired) electrons. The van der Waals surface area contributed by atoms with Gasteiger partial charge < -0.3 is 14.9 Å². The summed E-state index contributed by atoms with van der Waals surface area (Å²) in [7, 11) is 0. The van der Waals surface area contributed by atoms with Crippen LogP contribution in [0, 0.1) is 11.8 Å². The molecule has 3 nitrogen and oxygen atoms in total. The van der Waals surface area contributed by atoms with Gasteiger partial charge in [0.25, 0.3) is 0 Å². The summed E-state index contributed by atoms with van der Waals surface area (Å²) in [5, 5.41) is 9.48. The smallest absolute Gasteiger partial charge is 0.0639 e. The Morgan fingerprint density at radius 1 is 1.16 bits per heavy atom.